The summed E-state index contributed by atoms with van der Waals surface area (Å²) < 4.78 is 1.82. The second-order valence-electron chi connectivity index (χ2n) is 1.70. The molecule has 3 nitrogen and oxygen atoms in total. The molecular weight excluding hydrogens is 134 g/mol. The monoisotopic (exact) mass is 141 g/mol. The van der Waals surface area contributed by atoms with Gasteiger partial charge >= 0.3 is 0 Å². The summed E-state index contributed by atoms with van der Waals surface area (Å²) in [4.78, 5) is 4.30. The van der Waals surface area contributed by atoms with E-state index in [1.807, 2.05) is 10.8 Å². The first-order chi connectivity index (χ1) is 4.29. The van der Waals surface area contributed by atoms with Crippen LogP contribution in [-0.4, -0.2) is 14.5 Å². The summed E-state index contributed by atoms with van der Waals surface area (Å²) in [5.41, 5.74) is 5.27. The molecule has 4 heteroatoms. The molecule has 1 aromatic rings. The van der Waals surface area contributed by atoms with Gasteiger partial charge in [-0.15, -0.1) is 0 Å². The lowest BCUT2D eigenvalue weighted by molar-refractivity contribution is 0.853. The summed E-state index contributed by atoms with van der Waals surface area (Å²) in [6.45, 7) is 0.579. The summed E-state index contributed by atoms with van der Waals surface area (Å²) >= 11 is 4.67. The predicted octanol–water partition coefficient (Wildman–Crippen LogP) is 0.169. The highest BCUT2D eigenvalue weighted by atomic mass is 32.1. The molecule has 0 aromatic carbocycles. The maximum absolute atomic E-state index is 5.27. The van der Waals surface area contributed by atoms with E-state index < -0.39 is 0 Å². The van der Waals surface area contributed by atoms with E-state index in [0.29, 0.717) is 11.5 Å². The van der Waals surface area contributed by atoms with Crippen molar-refractivity contribution >= 4 is 17.2 Å². The van der Waals surface area contributed by atoms with E-state index in [1.54, 1.807) is 12.5 Å². The summed E-state index contributed by atoms with van der Waals surface area (Å²) in [5.74, 6) is 0. The van der Waals surface area contributed by atoms with E-state index >= 15 is 0 Å². The third-order valence-corrected chi connectivity index (χ3v) is 1.03. The van der Waals surface area contributed by atoms with Gasteiger partial charge in [-0.1, -0.05) is 12.2 Å². The molecule has 9 heavy (non-hydrogen) atoms. The van der Waals surface area contributed by atoms with Gasteiger partial charge in [0.1, 0.15) is 0 Å². The number of nitrogens with zero attached hydrogens (tertiary/aromatic N) is 2. The Morgan fingerprint density at radius 2 is 2.56 bits per heavy atom. The molecule has 1 rings (SSSR count). The van der Waals surface area contributed by atoms with E-state index in [9.17, 15) is 0 Å². The van der Waals surface area contributed by atoms with E-state index in [1.165, 1.54) is 0 Å². The minimum atomic E-state index is 0.480. The quantitative estimate of drug-likeness (QED) is 0.597. The fourth-order valence-corrected chi connectivity index (χ4v) is 0.709. The molecule has 0 radical (unpaired) electrons. The Hall–Kier alpha value is -0.900. The number of imidazole rings is 1. The van der Waals surface area contributed by atoms with Gasteiger partial charge in [0, 0.05) is 12.4 Å². The van der Waals surface area contributed by atoms with Crippen LogP contribution in [0.25, 0.3) is 0 Å². The zero-order valence-corrected chi connectivity index (χ0v) is 5.64. The second-order valence-corrected chi connectivity index (χ2v) is 2.23. The average Bonchev–Trinajstić information content (AvgIpc) is 2.15. The normalized spacial score (nSPS) is 9.33. The summed E-state index contributed by atoms with van der Waals surface area (Å²) in [6, 6.07) is 0. The largest absolute Gasteiger partial charge is 0.392 e. The number of hydrogen-bond donors (Lipinski definition) is 1. The Balaban J connectivity index is 2.58. The lowest BCUT2D eigenvalue weighted by Gasteiger charge is -1.95. The van der Waals surface area contributed by atoms with Crippen molar-refractivity contribution in [2.75, 3.05) is 0 Å². The molecule has 0 amide bonds. The first kappa shape index (κ1) is 6.22. The van der Waals surface area contributed by atoms with Gasteiger partial charge in [0.25, 0.3) is 0 Å². The molecule has 1 heterocycles. The van der Waals surface area contributed by atoms with Crippen LogP contribution >= 0.6 is 12.2 Å². The molecule has 48 valence electrons. The van der Waals surface area contributed by atoms with Crippen molar-refractivity contribution in [3.05, 3.63) is 18.7 Å². The van der Waals surface area contributed by atoms with Gasteiger partial charge < -0.3 is 10.3 Å². The van der Waals surface area contributed by atoms with Crippen LogP contribution in [-0.2, 0) is 6.54 Å². The maximum Gasteiger partial charge on any atom is 0.0949 e. The number of thiocarbonyl (C=S) groups is 1. The zero-order valence-electron chi connectivity index (χ0n) is 4.82. The molecule has 0 spiro atoms. The zero-order chi connectivity index (χ0) is 6.69. The first-order valence-corrected chi connectivity index (χ1v) is 2.94. The predicted molar refractivity (Wildman–Crippen MR) is 39.0 cm³/mol. The Labute approximate surface area is 58.5 Å². The topological polar surface area (TPSA) is 43.8 Å². The fourth-order valence-electron chi connectivity index (χ4n) is 0.560. The first-order valence-electron chi connectivity index (χ1n) is 2.53. The van der Waals surface area contributed by atoms with Gasteiger partial charge in [-0.2, -0.15) is 0 Å². The third-order valence-electron chi connectivity index (χ3n) is 0.898. The molecule has 0 fully saturated rings. The van der Waals surface area contributed by atoms with Crippen molar-refractivity contribution in [1.82, 2.24) is 9.55 Å². The molecule has 0 aliphatic carbocycles. The van der Waals surface area contributed by atoms with Crippen LogP contribution < -0.4 is 5.73 Å². The standard InChI is InChI=1S/C5H7N3S/c6-5(9)3-8-2-1-7-4-8/h1-2,4H,3H2,(H2,6,9). The maximum atomic E-state index is 5.27. The van der Waals surface area contributed by atoms with Gasteiger partial charge in [0.2, 0.25) is 0 Å². The molecule has 0 saturated carbocycles. The van der Waals surface area contributed by atoms with Crippen LogP contribution in [0.15, 0.2) is 18.7 Å². The van der Waals surface area contributed by atoms with Crippen LogP contribution in [0.3, 0.4) is 0 Å². The molecule has 0 atom stereocenters. The van der Waals surface area contributed by atoms with Gasteiger partial charge in [0.05, 0.1) is 17.9 Å². The minimum Gasteiger partial charge on any atom is -0.392 e. The molecule has 0 aliphatic rings. The van der Waals surface area contributed by atoms with E-state index in [0.717, 1.165) is 0 Å². The Morgan fingerprint density at radius 3 is 3.00 bits per heavy atom. The smallest absolute Gasteiger partial charge is 0.0949 e. The third kappa shape index (κ3) is 1.81. The van der Waals surface area contributed by atoms with Crippen molar-refractivity contribution < 1.29 is 0 Å². The summed E-state index contributed by atoms with van der Waals surface area (Å²) in [5, 5.41) is 0. The second kappa shape index (κ2) is 2.59. The van der Waals surface area contributed by atoms with E-state index in [2.05, 4.69) is 17.2 Å². The van der Waals surface area contributed by atoms with Crippen molar-refractivity contribution in [1.29, 1.82) is 0 Å². The lowest BCUT2D eigenvalue weighted by atomic mass is 10.6. The Bertz CT molecular complexity index is 192. The highest BCUT2D eigenvalue weighted by Crippen LogP contribution is 1.83. The van der Waals surface area contributed by atoms with E-state index in [4.69, 9.17) is 5.73 Å². The van der Waals surface area contributed by atoms with Crippen molar-refractivity contribution in [2.24, 2.45) is 5.73 Å². The minimum absolute atomic E-state index is 0.480. The molecule has 0 bridgehead atoms. The Kier molecular flexibility index (Phi) is 1.79. The van der Waals surface area contributed by atoms with Gasteiger partial charge in [-0.25, -0.2) is 4.98 Å². The number of nitrogens with two attached hydrogens (primary N) is 1. The average molecular weight is 141 g/mol. The van der Waals surface area contributed by atoms with Gasteiger partial charge in [-0.05, 0) is 0 Å². The van der Waals surface area contributed by atoms with E-state index in [-0.39, 0.29) is 0 Å². The van der Waals surface area contributed by atoms with Crippen LogP contribution in [0.1, 0.15) is 0 Å². The van der Waals surface area contributed by atoms with Crippen LogP contribution in [0, 0.1) is 0 Å². The van der Waals surface area contributed by atoms with Crippen molar-refractivity contribution in [2.45, 2.75) is 6.54 Å². The van der Waals surface area contributed by atoms with Crippen LogP contribution in [0.2, 0.25) is 0 Å². The van der Waals surface area contributed by atoms with Gasteiger partial charge in [-0.3, -0.25) is 0 Å². The SMILES string of the molecule is NC(=S)Cn1ccnc1. The highest BCUT2D eigenvalue weighted by Gasteiger charge is 1.88. The van der Waals surface area contributed by atoms with Crippen LogP contribution in [0.5, 0.6) is 0 Å². The number of aromatic nitrogens is 2. The highest BCUT2D eigenvalue weighted by molar-refractivity contribution is 7.80. The lowest BCUT2D eigenvalue weighted by Crippen LogP contribution is -2.15. The molecular formula is C5H7N3S. The summed E-state index contributed by atoms with van der Waals surface area (Å²) in [7, 11) is 0. The molecule has 2 N–H and O–H groups in total. The van der Waals surface area contributed by atoms with Crippen molar-refractivity contribution in [3.63, 3.8) is 0 Å². The summed E-state index contributed by atoms with van der Waals surface area (Å²) in [6.07, 6.45) is 5.19. The molecule has 0 aliphatic heterocycles. The Morgan fingerprint density at radius 1 is 1.78 bits per heavy atom. The number of hydrogen-bond acceptors (Lipinski definition) is 2. The van der Waals surface area contributed by atoms with Gasteiger partial charge in [0.15, 0.2) is 0 Å². The van der Waals surface area contributed by atoms with Crippen molar-refractivity contribution in [3.8, 4) is 0 Å². The van der Waals surface area contributed by atoms with Crippen LogP contribution in [0.4, 0.5) is 0 Å². The molecule has 1 aromatic heterocycles. The molecule has 0 saturated heterocycles. The molecule has 0 unspecified atom stereocenters. The number of rotatable bonds is 2. The fraction of sp³-hybridized carbons (Fsp3) is 0.200.